The van der Waals surface area contributed by atoms with Crippen molar-refractivity contribution in [2.45, 2.75) is 5.16 Å². The number of carbonyl (C=O) groups excluding carboxylic acids is 2. The number of imidazole rings is 1. The van der Waals surface area contributed by atoms with Gasteiger partial charge in [-0.1, -0.05) is 23.4 Å². The molecule has 0 saturated heterocycles. The number of halogens is 1. The van der Waals surface area contributed by atoms with Gasteiger partial charge in [0, 0.05) is 6.07 Å². The fraction of sp³-hybridized carbons (Fsp3) is 0.167. The number of thioether (sulfide) groups is 1. The van der Waals surface area contributed by atoms with Gasteiger partial charge >= 0.3 is 5.97 Å². The number of hydrogen-bond acceptors (Lipinski definition) is 6. The van der Waals surface area contributed by atoms with Gasteiger partial charge in [0.15, 0.2) is 5.16 Å². The molecule has 2 aromatic carbocycles. The highest BCUT2D eigenvalue weighted by molar-refractivity contribution is 7.99. The molecule has 2 N–H and O–H groups in total. The molecule has 0 radical (unpaired) electrons. The van der Waals surface area contributed by atoms with Crippen LogP contribution in [0.5, 0.6) is 5.75 Å². The zero-order chi connectivity index (χ0) is 19.4. The third-order valence-corrected chi connectivity index (χ3v) is 4.87. The predicted octanol–water partition coefficient (Wildman–Crippen LogP) is 3.74. The minimum atomic E-state index is -0.505. The lowest BCUT2D eigenvalue weighted by molar-refractivity contribution is -0.113. The Hall–Kier alpha value is -2.71. The molecule has 27 heavy (non-hydrogen) atoms. The van der Waals surface area contributed by atoms with Crippen molar-refractivity contribution < 1.29 is 19.1 Å². The summed E-state index contributed by atoms with van der Waals surface area (Å²) in [5, 5.41) is 3.63. The van der Waals surface area contributed by atoms with Crippen LogP contribution in [0, 0.1) is 0 Å². The molecule has 0 fully saturated rings. The number of nitrogens with zero attached hydrogens (tertiary/aromatic N) is 1. The maximum absolute atomic E-state index is 12.2. The van der Waals surface area contributed by atoms with Crippen molar-refractivity contribution in [3.05, 3.63) is 47.0 Å². The molecule has 0 unspecified atom stereocenters. The van der Waals surface area contributed by atoms with E-state index in [2.05, 4.69) is 20.0 Å². The lowest BCUT2D eigenvalue weighted by Gasteiger charge is -2.08. The molecule has 0 bridgehead atoms. The van der Waals surface area contributed by atoms with Crippen LogP contribution in [0.1, 0.15) is 10.4 Å². The number of methoxy groups -OCH3 is 2. The lowest BCUT2D eigenvalue weighted by Crippen LogP contribution is -2.15. The van der Waals surface area contributed by atoms with Crippen LogP contribution in [0.15, 0.2) is 41.6 Å². The number of H-pyrrole nitrogens is 1. The Morgan fingerprint density at radius 3 is 2.78 bits per heavy atom. The molecule has 1 amide bonds. The largest absolute Gasteiger partial charge is 0.497 e. The normalized spacial score (nSPS) is 10.6. The standard InChI is InChI=1S/C18H16ClN3O4S/c1-25-11-4-6-13-15(8-11)22-18(21-13)27-9-16(23)20-14-7-10(17(24)26-2)3-5-12(14)19/h3-8H,9H2,1-2H3,(H,20,23)(H,21,22). The van der Waals surface area contributed by atoms with E-state index in [9.17, 15) is 9.59 Å². The fourth-order valence-corrected chi connectivity index (χ4v) is 3.20. The van der Waals surface area contributed by atoms with Crippen LogP contribution in [0.25, 0.3) is 11.0 Å². The van der Waals surface area contributed by atoms with Gasteiger partial charge in [0.05, 0.1) is 47.3 Å². The first-order valence-electron chi connectivity index (χ1n) is 7.84. The molecule has 140 valence electrons. The van der Waals surface area contributed by atoms with Crippen molar-refractivity contribution in [2.24, 2.45) is 0 Å². The Kier molecular flexibility index (Phi) is 5.88. The number of aromatic nitrogens is 2. The highest BCUT2D eigenvalue weighted by Crippen LogP contribution is 2.25. The van der Waals surface area contributed by atoms with Gasteiger partial charge in [0.25, 0.3) is 0 Å². The van der Waals surface area contributed by atoms with Crippen LogP contribution in [-0.4, -0.2) is 41.8 Å². The molecular weight excluding hydrogens is 390 g/mol. The van der Waals surface area contributed by atoms with Crippen molar-refractivity contribution in [2.75, 3.05) is 25.3 Å². The number of nitrogens with one attached hydrogen (secondary N) is 2. The third kappa shape index (κ3) is 4.53. The molecule has 0 aliphatic rings. The van der Waals surface area contributed by atoms with E-state index in [0.717, 1.165) is 16.8 Å². The average molecular weight is 406 g/mol. The molecule has 0 atom stereocenters. The minimum Gasteiger partial charge on any atom is -0.497 e. The van der Waals surface area contributed by atoms with Crippen molar-refractivity contribution in [3.8, 4) is 5.75 Å². The minimum absolute atomic E-state index is 0.121. The number of fused-ring (bicyclic) bond motifs is 1. The van der Waals surface area contributed by atoms with E-state index in [4.69, 9.17) is 16.3 Å². The number of ether oxygens (including phenoxy) is 2. The van der Waals surface area contributed by atoms with E-state index in [1.54, 1.807) is 7.11 Å². The van der Waals surface area contributed by atoms with Gasteiger partial charge in [0.1, 0.15) is 5.75 Å². The second-order valence-corrected chi connectivity index (χ2v) is 6.82. The van der Waals surface area contributed by atoms with Crippen LogP contribution in [0.3, 0.4) is 0 Å². The zero-order valence-corrected chi connectivity index (χ0v) is 16.1. The second kappa shape index (κ2) is 8.32. The Bertz CT molecular complexity index is 1010. The van der Waals surface area contributed by atoms with Gasteiger partial charge in [-0.15, -0.1) is 0 Å². The number of benzene rings is 2. The van der Waals surface area contributed by atoms with Gasteiger partial charge in [-0.2, -0.15) is 0 Å². The van der Waals surface area contributed by atoms with Gasteiger partial charge in [-0.05, 0) is 30.3 Å². The molecule has 1 heterocycles. The number of rotatable bonds is 6. The summed E-state index contributed by atoms with van der Waals surface area (Å²) in [7, 11) is 2.88. The maximum Gasteiger partial charge on any atom is 0.337 e. The number of hydrogen-bond donors (Lipinski definition) is 2. The van der Waals surface area contributed by atoms with Gasteiger partial charge in [0.2, 0.25) is 5.91 Å². The number of esters is 1. The first kappa shape index (κ1) is 19.1. The van der Waals surface area contributed by atoms with Crippen LogP contribution in [0.2, 0.25) is 5.02 Å². The molecule has 0 spiro atoms. The number of anilines is 1. The Morgan fingerprint density at radius 2 is 2.04 bits per heavy atom. The van der Waals surface area contributed by atoms with Gasteiger partial charge in [-0.25, -0.2) is 9.78 Å². The predicted molar refractivity (Wildman–Crippen MR) is 105 cm³/mol. The quantitative estimate of drug-likeness (QED) is 0.479. The molecule has 1 aromatic heterocycles. The Labute approximate surface area is 164 Å². The molecule has 0 saturated carbocycles. The summed E-state index contributed by atoms with van der Waals surface area (Å²) in [5.74, 6) is 0.0622. The number of amides is 1. The van der Waals surface area contributed by atoms with Crippen molar-refractivity contribution in [1.82, 2.24) is 9.97 Å². The maximum atomic E-state index is 12.2. The molecule has 9 heteroatoms. The highest BCUT2D eigenvalue weighted by Gasteiger charge is 2.12. The van der Waals surface area contributed by atoms with Crippen LogP contribution in [0.4, 0.5) is 5.69 Å². The summed E-state index contributed by atoms with van der Waals surface area (Å²) in [5.41, 5.74) is 2.26. The van der Waals surface area contributed by atoms with Gasteiger partial charge < -0.3 is 19.8 Å². The van der Waals surface area contributed by atoms with Crippen molar-refractivity contribution >= 4 is 52.0 Å². The third-order valence-electron chi connectivity index (χ3n) is 3.67. The molecule has 0 aliphatic carbocycles. The Balaban J connectivity index is 1.65. The lowest BCUT2D eigenvalue weighted by atomic mass is 10.2. The first-order chi connectivity index (χ1) is 13.0. The summed E-state index contributed by atoms with van der Waals surface area (Å²) in [6.07, 6.45) is 0. The van der Waals surface area contributed by atoms with E-state index in [1.807, 2.05) is 18.2 Å². The van der Waals surface area contributed by atoms with E-state index in [0.29, 0.717) is 21.4 Å². The van der Waals surface area contributed by atoms with Crippen molar-refractivity contribution in [3.63, 3.8) is 0 Å². The van der Waals surface area contributed by atoms with Gasteiger partial charge in [-0.3, -0.25) is 4.79 Å². The summed E-state index contributed by atoms with van der Waals surface area (Å²) >= 11 is 7.34. The summed E-state index contributed by atoms with van der Waals surface area (Å²) in [6.45, 7) is 0. The summed E-state index contributed by atoms with van der Waals surface area (Å²) in [6, 6.07) is 10.0. The SMILES string of the molecule is COC(=O)c1ccc(Cl)c(NC(=O)CSc2nc3ccc(OC)cc3[nH]2)c1. The van der Waals surface area contributed by atoms with Crippen LogP contribution in [-0.2, 0) is 9.53 Å². The first-order valence-corrected chi connectivity index (χ1v) is 9.21. The fourth-order valence-electron chi connectivity index (χ4n) is 2.35. The Morgan fingerprint density at radius 1 is 1.22 bits per heavy atom. The van der Waals surface area contributed by atoms with E-state index < -0.39 is 5.97 Å². The molecule has 7 nitrogen and oxygen atoms in total. The average Bonchev–Trinajstić information content (AvgIpc) is 3.09. The van der Waals surface area contributed by atoms with E-state index >= 15 is 0 Å². The molecule has 3 aromatic rings. The molecule has 3 rings (SSSR count). The smallest absolute Gasteiger partial charge is 0.337 e. The topological polar surface area (TPSA) is 93.3 Å². The molecular formula is C18H16ClN3O4S. The van der Waals surface area contributed by atoms with E-state index in [1.165, 1.54) is 37.1 Å². The van der Waals surface area contributed by atoms with Crippen LogP contribution < -0.4 is 10.1 Å². The summed E-state index contributed by atoms with van der Waals surface area (Å²) in [4.78, 5) is 31.4. The second-order valence-electron chi connectivity index (χ2n) is 5.45. The van der Waals surface area contributed by atoms with E-state index in [-0.39, 0.29) is 11.7 Å². The zero-order valence-electron chi connectivity index (χ0n) is 14.5. The van der Waals surface area contributed by atoms with Crippen molar-refractivity contribution in [1.29, 1.82) is 0 Å². The monoisotopic (exact) mass is 405 g/mol. The summed E-state index contributed by atoms with van der Waals surface area (Å²) < 4.78 is 9.84. The highest BCUT2D eigenvalue weighted by atomic mass is 35.5. The molecule has 0 aliphatic heterocycles. The van der Waals surface area contributed by atoms with Crippen LogP contribution >= 0.6 is 23.4 Å². The number of aromatic amines is 1. The number of carbonyl (C=O) groups is 2.